The van der Waals surface area contributed by atoms with Crippen LogP contribution in [0.5, 0.6) is 0 Å². The van der Waals surface area contributed by atoms with Crippen LogP contribution in [-0.2, 0) is 4.74 Å². The van der Waals surface area contributed by atoms with Gasteiger partial charge in [0.2, 0.25) is 11.7 Å². The van der Waals surface area contributed by atoms with Gasteiger partial charge < -0.3 is 15.0 Å². The van der Waals surface area contributed by atoms with Crippen molar-refractivity contribution in [2.75, 3.05) is 13.2 Å². The Bertz CT molecular complexity index is 553. The van der Waals surface area contributed by atoms with Crippen molar-refractivity contribution in [3.63, 3.8) is 0 Å². The number of rotatable bonds is 2. The number of aryl methyl sites for hydroxylation is 1. The topological polar surface area (TPSA) is 74.2 Å². The normalized spacial score (nSPS) is 23.4. The predicted molar refractivity (Wildman–Crippen MR) is 66.0 cm³/mol. The molecule has 1 aliphatic heterocycles. The molecule has 0 radical (unpaired) electrons. The Balaban J connectivity index is 1.89. The van der Waals surface area contributed by atoms with Crippen LogP contribution in [0.4, 0.5) is 0 Å². The maximum atomic E-state index is 5.93. The monoisotopic (exact) mass is 245 g/mol. The van der Waals surface area contributed by atoms with E-state index in [9.17, 15) is 0 Å². The Morgan fingerprint density at radius 3 is 2.94 bits per heavy atom. The first-order chi connectivity index (χ1) is 8.74. The van der Waals surface area contributed by atoms with Crippen molar-refractivity contribution >= 4 is 0 Å². The van der Waals surface area contributed by atoms with Crippen molar-refractivity contribution in [1.82, 2.24) is 10.1 Å². The largest absolute Gasteiger partial charge is 0.379 e. The summed E-state index contributed by atoms with van der Waals surface area (Å²) in [4.78, 5) is 4.42. The lowest BCUT2D eigenvalue weighted by atomic mass is 10.1. The van der Waals surface area contributed by atoms with Crippen LogP contribution in [0.2, 0.25) is 0 Å². The minimum absolute atomic E-state index is 0.0102. The molecule has 0 spiro atoms. The molecule has 1 fully saturated rings. The fourth-order valence-electron chi connectivity index (χ4n) is 2.11. The van der Waals surface area contributed by atoms with Crippen molar-refractivity contribution in [3.05, 3.63) is 35.7 Å². The lowest BCUT2D eigenvalue weighted by molar-refractivity contribution is 0.187. The zero-order chi connectivity index (χ0) is 12.5. The van der Waals surface area contributed by atoms with Crippen molar-refractivity contribution in [1.29, 1.82) is 0 Å². The molecular formula is C13H15N3O2. The summed E-state index contributed by atoms with van der Waals surface area (Å²) in [7, 11) is 0. The highest BCUT2D eigenvalue weighted by Gasteiger charge is 2.31. The van der Waals surface area contributed by atoms with Crippen LogP contribution in [0, 0.1) is 6.92 Å². The molecule has 1 aromatic heterocycles. The second kappa shape index (κ2) is 4.51. The molecule has 0 bridgehead atoms. The molecule has 2 N–H and O–H groups in total. The van der Waals surface area contributed by atoms with Gasteiger partial charge in [-0.3, -0.25) is 0 Å². The third kappa shape index (κ3) is 2.02. The number of hydrogen-bond donors (Lipinski definition) is 1. The van der Waals surface area contributed by atoms with Gasteiger partial charge in [0.25, 0.3) is 0 Å². The highest BCUT2D eigenvalue weighted by atomic mass is 16.5. The van der Waals surface area contributed by atoms with Crippen LogP contribution < -0.4 is 5.73 Å². The van der Waals surface area contributed by atoms with Gasteiger partial charge in [0.05, 0.1) is 19.1 Å². The maximum absolute atomic E-state index is 5.93. The third-order valence-corrected chi connectivity index (χ3v) is 3.16. The Hall–Kier alpha value is -1.72. The molecule has 0 saturated carbocycles. The van der Waals surface area contributed by atoms with E-state index in [0.717, 1.165) is 5.56 Å². The molecule has 1 saturated heterocycles. The fourth-order valence-corrected chi connectivity index (χ4v) is 2.11. The number of benzene rings is 1. The SMILES string of the molecule is Cc1cccc(-c2noc(C3COCC3N)n2)c1. The van der Waals surface area contributed by atoms with E-state index >= 15 is 0 Å². The summed E-state index contributed by atoms with van der Waals surface area (Å²) < 4.78 is 10.6. The van der Waals surface area contributed by atoms with E-state index in [0.29, 0.717) is 24.9 Å². The molecule has 1 aromatic carbocycles. The van der Waals surface area contributed by atoms with Gasteiger partial charge in [-0.1, -0.05) is 28.9 Å². The van der Waals surface area contributed by atoms with Gasteiger partial charge in [-0.25, -0.2) is 0 Å². The highest BCUT2D eigenvalue weighted by Crippen LogP contribution is 2.25. The first-order valence-corrected chi connectivity index (χ1v) is 5.98. The number of nitrogens with zero attached hydrogens (tertiary/aromatic N) is 2. The number of hydrogen-bond acceptors (Lipinski definition) is 5. The minimum atomic E-state index is -0.0594. The molecule has 18 heavy (non-hydrogen) atoms. The van der Waals surface area contributed by atoms with E-state index < -0.39 is 0 Å². The van der Waals surface area contributed by atoms with E-state index in [1.807, 2.05) is 31.2 Å². The van der Waals surface area contributed by atoms with Crippen LogP contribution in [0.25, 0.3) is 11.4 Å². The van der Waals surface area contributed by atoms with Gasteiger partial charge in [0.1, 0.15) is 0 Å². The van der Waals surface area contributed by atoms with Crippen LogP contribution >= 0.6 is 0 Å². The highest BCUT2D eigenvalue weighted by molar-refractivity contribution is 5.55. The second-order valence-electron chi connectivity index (χ2n) is 4.63. The van der Waals surface area contributed by atoms with E-state index in [-0.39, 0.29) is 12.0 Å². The Labute approximate surface area is 105 Å². The molecular weight excluding hydrogens is 230 g/mol. The lowest BCUT2D eigenvalue weighted by Gasteiger charge is -2.06. The molecule has 2 atom stereocenters. The van der Waals surface area contributed by atoms with Crippen molar-refractivity contribution in [2.24, 2.45) is 5.73 Å². The van der Waals surface area contributed by atoms with Gasteiger partial charge in [-0.15, -0.1) is 0 Å². The van der Waals surface area contributed by atoms with Crippen molar-refractivity contribution in [3.8, 4) is 11.4 Å². The number of ether oxygens (including phenoxy) is 1. The molecule has 0 amide bonds. The summed E-state index contributed by atoms with van der Waals surface area (Å²) in [6.07, 6.45) is 0. The van der Waals surface area contributed by atoms with Crippen LogP contribution in [0.15, 0.2) is 28.8 Å². The van der Waals surface area contributed by atoms with Gasteiger partial charge in [-0.05, 0) is 13.0 Å². The van der Waals surface area contributed by atoms with Crippen LogP contribution in [0.1, 0.15) is 17.4 Å². The summed E-state index contributed by atoms with van der Waals surface area (Å²) >= 11 is 0. The molecule has 0 aliphatic carbocycles. The van der Waals surface area contributed by atoms with Crippen LogP contribution in [0.3, 0.4) is 0 Å². The Morgan fingerprint density at radius 1 is 1.33 bits per heavy atom. The second-order valence-corrected chi connectivity index (χ2v) is 4.63. The zero-order valence-corrected chi connectivity index (χ0v) is 10.2. The molecule has 3 rings (SSSR count). The molecule has 2 aromatic rings. The van der Waals surface area contributed by atoms with Crippen molar-refractivity contribution in [2.45, 2.75) is 18.9 Å². The molecule has 94 valence electrons. The first-order valence-electron chi connectivity index (χ1n) is 5.98. The summed E-state index contributed by atoms with van der Waals surface area (Å²) in [6, 6.07) is 7.94. The molecule has 2 unspecified atom stereocenters. The van der Waals surface area contributed by atoms with Gasteiger partial charge >= 0.3 is 0 Å². The lowest BCUT2D eigenvalue weighted by Crippen LogP contribution is -2.26. The van der Waals surface area contributed by atoms with E-state index in [1.165, 1.54) is 5.56 Å². The average molecular weight is 245 g/mol. The van der Waals surface area contributed by atoms with Gasteiger partial charge in [0.15, 0.2) is 0 Å². The predicted octanol–water partition coefficient (Wildman–Crippen LogP) is 1.49. The number of aromatic nitrogens is 2. The quantitative estimate of drug-likeness (QED) is 0.867. The third-order valence-electron chi connectivity index (χ3n) is 3.16. The number of nitrogens with two attached hydrogens (primary N) is 1. The van der Waals surface area contributed by atoms with E-state index in [4.69, 9.17) is 15.0 Å². The summed E-state index contributed by atoms with van der Waals surface area (Å²) in [6.45, 7) is 3.13. The maximum Gasteiger partial charge on any atom is 0.234 e. The standard InChI is InChI=1S/C13H15N3O2/c1-8-3-2-4-9(5-8)12-15-13(18-16-12)10-6-17-7-11(10)14/h2-5,10-11H,6-7,14H2,1H3. The van der Waals surface area contributed by atoms with Crippen molar-refractivity contribution < 1.29 is 9.26 Å². The molecule has 1 aliphatic rings. The fraction of sp³-hybridized carbons (Fsp3) is 0.385. The van der Waals surface area contributed by atoms with Gasteiger partial charge in [-0.2, -0.15) is 4.98 Å². The first kappa shape index (κ1) is 11.4. The molecule has 2 heterocycles. The molecule has 5 heteroatoms. The smallest absolute Gasteiger partial charge is 0.234 e. The summed E-state index contributed by atoms with van der Waals surface area (Å²) in [5, 5.41) is 4.01. The molecule has 5 nitrogen and oxygen atoms in total. The van der Waals surface area contributed by atoms with E-state index in [1.54, 1.807) is 0 Å². The van der Waals surface area contributed by atoms with E-state index in [2.05, 4.69) is 10.1 Å². The van der Waals surface area contributed by atoms with Crippen LogP contribution in [-0.4, -0.2) is 29.4 Å². The minimum Gasteiger partial charge on any atom is -0.379 e. The zero-order valence-electron chi connectivity index (χ0n) is 10.2. The Morgan fingerprint density at radius 2 is 2.22 bits per heavy atom. The summed E-state index contributed by atoms with van der Waals surface area (Å²) in [5.41, 5.74) is 8.05. The summed E-state index contributed by atoms with van der Waals surface area (Å²) in [5.74, 6) is 1.18. The Kier molecular flexibility index (Phi) is 2.85. The van der Waals surface area contributed by atoms with Gasteiger partial charge in [0, 0.05) is 11.6 Å². The average Bonchev–Trinajstić information content (AvgIpc) is 2.97.